The van der Waals surface area contributed by atoms with Crippen LogP contribution in [-0.4, -0.2) is 30.0 Å². The van der Waals surface area contributed by atoms with Gasteiger partial charge in [0.15, 0.2) is 0 Å². The van der Waals surface area contributed by atoms with E-state index in [4.69, 9.17) is 22.1 Å². The molecule has 4 N–H and O–H groups in total. The molecule has 0 radical (unpaired) electrons. The molecule has 0 heterocycles. The van der Waals surface area contributed by atoms with Gasteiger partial charge in [-0.05, 0) is 35.6 Å². The van der Waals surface area contributed by atoms with Crippen LogP contribution in [0.1, 0.15) is 31.4 Å². The molecule has 0 spiro atoms. The highest BCUT2D eigenvalue weighted by Gasteiger charge is 2.27. The van der Waals surface area contributed by atoms with Crippen molar-refractivity contribution in [3.8, 4) is 0 Å². The van der Waals surface area contributed by atoms with Gasteiger partial charge in [0.2, 0.25) is 11.8 Å². The molecule has 0 aliphatic heterocycles. The minimum absolute atomic E-state index is 0.0649. The Bertz CT molecular complexity index is 889. The normalized spacial score (nSPS) is 12.6. The largest absolute Gasteiger partial charge is 0.445 e. The zero-order valence-corrected chi connectivity index (χ0v) is 18.4. The quantitative estimate of drug-likeness (QED) is 0.521. The van der Waals surface area contributed by atoms with Crippen LogP contribution in [0, 0.1) is 5.92 Å². The van der Waals surface area contributed by atoms with Crippen LogP contribution in [0.3, 0.4) is 0 Å². The van der Waals surface area contributed by atoms with Gasteiger partial charge in [-0.25, -0.2) is 4.79 Å². The Labute approximate surface area is 187 Å². The van der Waals surface area contributed by atoms with E-state index in [1.54, 1.807) is 24.3 Å². The molecule has 0 bridgehead atoms. The van der Waals surface area contributed by atoms with E-state index in [0.29, 0.717) is 11.4 Å². The van der Waals surface area contributed by atoms with Crippen molar-refractivity contribution in [2.75, 3.05) is 0 Å². The number of halogens is 1. The summed E-state index contributed by atoms with van der Waals surface area (Å²) in [6, 6.07) is 14.4. The number of hydrogen-bond acceptors (Lipinski definition) is 4. The van der Waals surface area contributed by atoms with Gasteiger partial charge in [-0.1, -0.05) is 67.9 Å². The number of nitrogens with two attached hydrogens (primary N) is 1. The van der Waals surface area contributed by atoms with Gasteiger partial charge in [0.25, 0.3) is 0 Å². The number of rotatable bonds is 10. The van der Waals surface area contributed by atoms with Crippen LogP contribution in [-0.2, 0) is 27.4 Å². The molecule has 0 aliphatic rings. The maximum Gasteiger partial charge on any atom is 0.408 e. The maximum atomic E-state index is 12.9. The van der Waals surface area contributed by atoms with Crippen LogP contribution in [0.25, 0.3) is 0 Å². The summed E-state index contributed by atoms with van der Waals surface area (Å²) in [5.74, 6) is -1.01. The first-order valence-electron chi connectivity index (χ1n) is 10.1. The molecule has 8 heteroatoms. The summed E-state index contributed by atoms with van der Waals surface area (Å²) in [6.07, 6.45) is -0.186. The predicted molar refractivity (Wildman–Crippen MR) is 119 cm³/mol. The highest BCUT2D eigenvalue weighted by Crippen LogP contribution is 2.13. The summed E-state index contributed by atoms with van der Waals surface area (Å²) in [4.78, 5) is 37.0. The molecule has 166 valence electrons. The van der Waals surface area contributed by atoms with E-state index in [0.717, 1.165) is 11.1 Å². The van der Waals surface area contributed by atoms with Gasteiger partial charge >= 0.3 is 6.09 Å². The number of carbonyl (C=O) groups is 3. The lowest BCUT2D eigenvalue weighted by Gasteiger charge is -2.23. The van der Waals surface area contributed by atoms with Gasteiger partial charge in [-0.2, -0.15) is 0 Å². The number of nitrogens with one attached hydrogen (secondary N) is 2. The molecule has 3 amide bonds. The maximum absolute atomic E-state index is 12.9. The van der Waals surface area contributed by atoms with Crippen LogP contribution in [0.4, 0.5) is 4.79 Å². The second kappa shape index (κ2) is 12.0. The third-order valence-corrected chi connectivity index (χ3v) is 4.75. The van der Waals surface area contributed by atoms with Gasteiger partial charge in [-0.15, -0.1) is 0 Å². The van der Waals surface area contributed by atoms with E-state index >= 15 is 0 Å². The van der Waals surface area contributed by atoms with Crippen molar-refractivity contribution in [1.82, 2.24) is 10.6 Å². The first kappa shape index (κ1) is 24.2. The van der Waals surface area contributed by atoms with Gasteiger partial charge in [-0.3, -0.25) is 9.59 Å². The van der Waals surface area contributed by atoms with E-state index < -0.39 is 30.0 Å². The molecule has 0 aromatic heterocycles. The fourth-order valence-corrected chi connectivity index (χ4v) is 3.22. The number of ether oxygens (including phenoxy) is 1. The lowest BCUT2D eigenvalue weighted by atomic mass is 10.0. The van der Waals surface area contributed by atoms with E-state index in [1.165, 1.54) is 0 Å². The fraction of sp³-hybridized carbons (Fsp3) is 0.348. The molecule has 0 saturated carbocycles. The Balaban J connectivity index is 2.10. The minimum Gasteiger partial charge on any atom is -0.445 e. The molecule has 2 aromatic rings. The zero-order chi connectivity index (χ0) is 22.8. The Morgan fingerprint density at radius 1 is 0.968 bits per heavy atom. The van der Waals surface area contributed by atoms with Crippen molar-refractivity contribution in [3.63, 3.8) is 0 Å². The van der Waals surface area contributed by atoms with Gasteiger partial charge in [0, 0.05) is 11.4 Å². The summed E-state index contributed by atoms with van der Waals surface area (Å²) in [7, 11) is 0. The van der Waals surface area contributed by atoms with Gasteiger partial charge in [0.1, 0.15) is 18.7 Å². The molecule has 2 atom stereocenters. The third kappa shape index (κ3) is 8.68. The number of hydrogen-bond donors (Lipinski definition) is 3. The van der Waals surface area contributed by atoms with Crippen LogP contribution in [0.2, 0.25) is 5.02 Å². The van der Waals surface area contributed by atoms with Crippen LogP contribution < -0.4 is 16.4 Å². The average molecular weight is 446 g/mol. The van der Waals surface area contributed by atoms with Crippen molar-refractivity contribution in [1.29, 1.82) is 0 Å². The van der Waals surface area contributed by atoms with Crippen molar-refractivity contribution in [2.24, 2.45) is 11.7 Å². The van der Waals surface area contributed by atoms with Crippen molar-refractivity contribution in [3.05, 3.63) is 70.7 Å². The number of carbonyl (C=O) groups excluding carboxylic acids is 3. The Hall–Kier alpha value is -3.06. The topological polar surface area (TPSA) is 111 Å². The second-order valence-corrected chi connectivity index (χ2v) is 8.12. The molecule has 0 unspecified atom stereocenters. The zero-order valence-electron chi connectivity index (χ0n) is 17.6. The molecular formula is C23H28ClN3O4. The summed E-state index contributed by atoms with van der Waals surface area (Å²) < 4.78 is 5.24. The molecule has 0 saturated heterocycles. The van der Waals surface area contributed by atoms with Gasteiger partial charge in [0.05, 0.1) is 0 Å². The first-order valence-corrected chi connectivity index (χ1v) is 10.4. The van der Waals surface area contributed by atoms with E-state index in [1.807, 2.05) is 44.2 Å². The lowest BCUT2D eigenvalue weighted by Crippen LogP contribution is -2.54. The van der Waals surface area contributed by atoms with E-state index in [-0.39, 0.29) is 18.9 Å². The highest BCUT2D eigenvalue weighted by molar-refractivity contribution is 6.30. The van der Waals surface area contributed by atoms with Crippen LogP contribution in [0.15, 0.2) is 54.6 Å². The molecule has 7 nitrogen and oxygen atoms in total. The van der Waals surface area contributed by atoms with Gasteiger partial charge < -0.3 is 21.1 Å². The monoisotopic (exact) mass is 445 g/mol. The molecule has 2 rings (SSSR count). The van der Waals surface area contributed by atoms with Crippen LogP contribution >= 0.6 is 11.6 Å². The van der Waals surface area contributed by atoms with Crippen molar-refractivity contribution >= 4 is 29.5 Å². The standard InChI is InChI=1S/C23H28ClN3O4/c1-15(2)11-19(21(25)28)26-22(29)20(13-17-9-6-10-18(24)12-17)27-23(30)31-14-16-7-4-3-5-8-16/h3-10,12,15,19-20H,11,13-14H2,1-2H3,(H2,25,28)(H,26,29)(H,27,30)/t19-,20-/m0/s1. The third-order valence-electron chi connectivity index (χ3n) is 4.52. The Kier molecular flexibility index (Phi) is 9.34. The summed E-state index contributed by atoms with van der Waals surface area (Å²) in [5.41, 5.74) is 7.00. The van der Waals surface area contributed by atoms with E-state index in [9.17, 15) is 14.4 Å². The lowest BCUT2D eigenvalue weighted by molar-refractivity contribution is -0.128. The number of benzene rings is 2. The minimum atomic E-state index is -0.976. The SMILES string of the molecule is CC(C)C[C@H](NC(=O)[C@H](Cc1cccc(Cl)c1)NC(=O)OCc1ccccc1)C(N)=O. The Morgan fingerprint density at radius 3 is 2.26 bits per heavy atom. The number of amides is 3. The molecule has 2 aromatic carbocycles. The van der Waals surface area contributed by atoms with Crippen molar-refractivity contribution in [2.45, 2.75) is 45.4 Å². The summed E-state index contributed by atoms with van der Waals surface area (Å²) in [5, 5.41) is 5.74. The predicted octanol–water partition coefficient (Wildman–Crippen LogP) is 3.19. The highest BCUT2D eigenvalue weighted by atomic mass is 35.5. The average Bonchev–Trinajstić information content (AvgIpc) is 2.71. The number of primary amides is 1. The molecular weight excluding hydrogens is 418 g/mol. The summed E-state index contributed by atoms with van der Waals surface area (Å²) in [6.45, 7) is 3.91. The second-order valence-electron chi connectivity index (χ2n) is 7.69. The fourth-order valence-electron chi connectivity index (χ4n) is 3.01. The van der Waals surface area contributed by atoms with Crippen LogP contribution in [0.5, 0.6) is 0 Å². The number of alkyl carbamates (subject to hydrolysis) is 1. The Morgan fingerprint density at radius 2 is 1.65 bits per heavy atom. The van der Waals surface area contributed by atoms with E-state index in [2.05, 4.69) is 10.6 Å². The van der Waals surface area contributed by atoms with Crippen molar-refractivity contribution < 1.29 is 19.1 Å². The summed E-state index contributed by atoms with van der Waals surface area (Å²) >= 11 is 6.04. The first-order chi connectivity index (χ1) is 14.7. The molecule has 0 fully saturated rings. The smallest absolute Gasteiger partial charge is 0.408 e. The molecule has 0 aliphatic carbocycles. The molecule has 31 heavy (non-hydrogen) atoms.